The van der Waals surface area contributed by atoms with Crippen molar-refractivity contribution in [3.05, 3.63) is 24.0 Å². The van der Waals surface area contributed by atoms with E-state index < -0.39 is 0 Å². The van der Waals surface area contributed by atoms with E-state index >= 15 is 0 Å². The van der Waals surface area contributed by atoms with E-state index in [1.165, 1.54) is 5.56 Å². The van der Waals surface area contributed by atoms with E-state index in [4.69, 9.17) is 0 Å². The van der Waals surface area contributed by atoms with E-state index in [0.29, 0.717) is 0 Å². The van der Waals surface area contributed by atoms with Crippen LogP contribution >= 0.6 is 0 Å². The average Bonchev–Trinajstić information content (AvgIpc) is 1.98. The van der Waals surface area contributed by atoms with Crippen LogP contribution in [0.2, 0.25) is 0 Å². The Bertz CT molecular complexity index is 201. The molecule has 0 fully saturated rings. The van der Waals surface area contributed by atoms with Crippen LogP contribution in [0.25, 0.3) is 0 Å². The van der Waals surface area contributed by atoms with Gasteiger partial charge < -0.3 is 0 Å². The summed E-state index contributed by atoms with van der Waals surface area (Å²) in [4.78, 5) is 0. The lowest BCUT2D eigenvalue weighted by Gasteiger charge is -1.90. The highest BCUT2D eigenvalue weighted by Gasteiger charge is 2.01. The Kier molecular flexibility index (Phi) is 1.31. The summed E-state index contributed by atoms with van der Waals surface area (Å²) in [5.74, 6) is 0. The van der Waals surface area contributed by atoms with Crippen molar-refractivity contribution in [2.24, 2.45) is 0 Å². The maximum atomic E-state index is 4.12. The van der Waals surface area contributed by atoms with Crippen LogP contribution in [-0.2, 0) is 0 Å². The average molecular weight is 123 g/mol. The molecule has 0 atom stereocenters. The summed E-state index contributed by atoms with van der Waals surface area (Å²) in [5, 5.41) is 4.12. The summed E-state index contributed by atoms with van der Waals surface area (Å²) in [6.45, 7) is 6.06. The normalized spacial score (nSPS) is 10.2. The third kappa shape index (κ3) is 0.846. The number of hydrogen-bond donors (Lipinski definition) is 0. The molecule has 0 N–H and O–H groups in total. The summed E-state index contributed by atoms with van der Waals surface area (Å²) >= 11 is 0. The third-order valence-electron chi connectivity index (χ3n) is 1.74. The fourth-order valence-corrected chi connectivity index (χ4v) is 0.786. The molecular formula is C7H11N2. The van der Waals surface area contributed by atoms with Crippen LogP contribution in [0.3, 0.4) is 0 Å². The Balaban J connectivity index is 3.29. The predicted octanol–water partition coefficient (Wildman–Crippen LogP) is 1.45. The second kappa shape index (κ2) is 1.87. The third-order valence-corrected chi connectivity index (χ3v) is 1.74. The van der Waals surface area contributed by atoms with Gasteiger partial charge in [-0.2, -0.15) is 5.10 Å². The molecule has 0 aliphatic carbocycles. The molecule has 0 unspecified atom stereocenters. The zero-order chi connectivity index (χ0) is 7.02. The molecule has 1 aromatic rings. The number of aromatic nitrogens is 2. The van der Waals surface area contributed by atoms with Crippen LogP contribution in [0.15, 0.2) is 0 Å². The van der Waals surface area contributed by atoms with Gasteiger partial charge >= 0.3 is 0 Å². The Hall–Kier alpha value is -0.790. The first kappa shape index (κ1) is 6.33. The molecule has 0 saturated carbocycles. The first-order valence-electron chi connectivity index (χ1n) is 2.96. The Morgan fingerprint density at radius 3 is 2.00 bits per heavy atom. The largest absolute Gasteiger partial charge is 0.267 e. The van der Waals surface area contributed by atoms with E-state index in [1.54, 1.807) is 4.68 Å². The highest BCUT2D eigenvalue weighted by Crippen LogP contribution is 2.08. The summed E-state index contributed by atoms with van der Waals surface area (Å²) < 4.78 is 1.66. The fraction of sp³-hybridized carbons (Fsp3) is 0.429. The number of aryl methyl sites for hydroxylation is 1. The molecule has 0 bridgehead atoms. The zero-order valence-electron chi connectivity index (χ0n) is 6.10. The van der Waals surface area contributed by atoms with Gasteiger partial charge in [-0.1, -0.05) is 0 Å². The van der Waals surface area contributed by atoms with Crippen molar-refractivity contribution < 1.29 is 0 Å². The van der Waals surface area contributed by atoms with Gasteiger partial charge in [-0.05, 0) is 26.3 Å². The van der Waals surface area contributed by atoms with E-state index in [2.05, 4.69) is 19.1 Å². The van der Waals surface area contributed by atoms with E-state index in [-0.39, 0.29) is 0 Å². The summed E-state index contributed by atoms with van der Waals surface area (Å²) in [7, 11) is 3.71. The summed E-state index contributed by atoms with van der Waals surface area (Å²) in [5.41, 5.74) is 3.46. The minimum absolute atomic E-state index is 1.07. The Morgan fingerprint density at radius 2 is 1.89 bits per heavy atom. The minimum Gasteiger partial charge on any atom is -0.267 e. The van der Waals surface area contributed by atoms with Gasteiger partial charge in [0.05, 0.1) is 12.7 Å². The molecule has 49 valence electrons. The molecule has 1 rings (SSSR count). The smallest absolute Gasteiger partial charge is 0.0625 e. The molecule has 1 heterocycles. The SMILES string of the molecule is [CH2]n1nc(C)c(C)c1C. The van der Waals surface area contributed by atoms with Gasteiger partial charge in [0.15, 0.2) is 0 Å². The van der Waals surface area contributed by atoms with Crippen molar-refractivity contribution >= 4 is 0 Å². The minimum atomic E-state index is 1.07. The van der Waals surface area contributed by atoms with Gasteiger partial charge in [-0.15, -0.1) is 0 Å². The molecule has 2 heteroatoms. The zero-order valence-corrected chi connectivity index (χ0v) is 6.10. The van der Waals surface area contributed by atoms with Gasteiger partial charge in [0.1, 0.15) is 0 Å². The first-order valence-corrected chi connectivity index (χ1v) is 2.96. The van der Waals surface area contributed by atoms with Crippen LogP contribution in [0.4, 0.5) is 0 Å². The molecule has 1 radical (unpaired) electrons. The van der Waals surface area contributed by atoms with Crippen LogP contribution < -0.4 is 0 Å². The molecule has 0 aliphatic heterocycles. The molecule has 0 amide bonds. The monoisotopic (exact) mass is 123 g/mol. The second-order valence-corrected chi connectivity index (χ2v) is 2.30. The highest BCUT2D eigenvalue weighted by atomic mass is 15.3. The van der Waals surface area contributed by atoms with Crippen LogP contribution in [0.5, 0.6) is 0 Å². The molecule has 9 heavy (non-hydrogen) atoms. The van der Waals surface area contributed by atoms with Crippen LogP contribution in [0.1, 0.15) is 17.0 Å². The quantitative estimate of drug-likeness (QED) is 0.510. The Morgan fingerprint density at radius 1 is 1.33 bits per heavy atom. The topological polar surface area (TPSA) is 17.8 Å². The molecule has 0 saturated heterocycles. The lowest BCUT2D eigenvalue weighted by atomic mass is 10.2. The van der Waals surface area contributed by atoms with Crippen molar-refractivity contribution in [1.29, 1.82) is 0 Å². The molecule has 0 aliphatic rings. The van der Waals surface area contributed by atoms with Gasteiger partial charge in [0, 0.05) is 5.69 Å². The van der Waals surface area contributed by atoms with Gasteiger partial charge in [0.25, 0.3) is 0 Å². The number of hydrogen-bond acceptors (Lipinski definition) is 1. The standard InChI is InChI=1S/C7H11N2/c1-5-6(2)8-9(4)7(5)3/h4H2,1-3H3. The van der Waals surface area contributed by atoms with Crippen LogP contribution in [0, 0.1) is 27.8 Å². The summed E-state index contributed by atoms with van der Waals surface area (Å²) in [6.07, 6.45) is 0. The van der Waals surface area contributed by atoms with Gasteiger partial charge in [-0.3, -0.25) is 4.68 Å². The van der Waals surface area contributed by atoms with E-state index in [1.807, 2.05) is 13.8 Å². The molecular weight excluding hydrogens is 112 g/mol. The van der Waals surface area contributed by atoms with Crippen molar-refractivity contribution in [1.82, 2.24) is 9.78 Å². The molecule has 0 aromatic carbocycles. The maximum absolute atomic E-state index is 4.12. The number of nitrogens with zero attached hydrogens (tertiary/aromatic N) is 2. The van der Waals surface area contributed by atoms with E-state index in [0.717, 1.165) is 11.4 Å². The van der Waals surface area contributed by atoms with Crippen LogP contribution in [-0.4, -0.2) is 9.78 Å². The maximum Gasteiger partial charge on any atom is 0.0625 e. The van der Waals surface area contributed by atoms with Crippen molar-refractivity contribution in [3.63, 3.8) is 0 Å². The lowest BCUT2D eigenvalue weighted by Crippen LogP contribution is -1.89. The van der Waals surface area contributed by atoms with Crippen molar-refractivity contribution in [3.8, 4) is 0 Å². The number of rotatable bonds is 0. The van der Waals surface area contributed by atoms with Crippen molar-refractivity contribution in [2.75, 3.05) is 0 Å². The van der Waals surface area contributed by atoms with Gasteiger partial charge in [0.2, 0.25) is 0 Å². The van der Waals surface area contributed by atoms with E-state index in [9.17, 15) is 0 Å². The van der Waals surface area contributed by atoms with Crippen molar-refractivity contribution in [2.45, 2.75) is 20.8 Å². The summed E-state index contributed by atoms with van der Waals surface area (Å²) in [6, 6.07) is 0. The fourth-order valence-electron chi connectivity index (χ4n) is 0.786. The highest BCUT2D eigenvalue weighted by molar-refractivity contribution is 5.22. The molecule has 1 aromatic heterocycles. The molecule has 0 spiro atoms. The lowest BCUT2D eigenvalue weighted by molar-refractivity contribution is 0.829. The first-order chi connectivity index (χ1) is 4.13. The molecule has 2 nitrogen and oxygen atoms in total. The Labute approximate surface area is 55.5 Å². The second-order valence-electron chi connectivity index (χ2n) is 2.30. The van der Waals surface area contributed by atoms with Gasteiger partial charge in [-0.25, -0.2) is 0 Å². The predicted molar refractivity (Wildman–Crippen MR) is 37.2 cm³/mol.